The van der Waals surface area contributed by atoms with Gasteiger partial charge in [-0.2, -0.15) is 0 Å². The molecule has 1 N–H and O–H groups in total. The van der Waals surface area contributed by atoms with Gasteiger partial charge in [-0.25, -0.2) is 0 Å². The lowest BCUT2D eigenvalue weighted by Gasteiger charge is -2.17. The van der Waals surface area contributed by atoms with Crippen LogP contribution in [0.1, 0.15) is 20.8 Å². The van der Waals surface area contributed by atoms with Crippen LogP contribution in [0.5, 0.6) is 5.75 Å². The van der Waals surface area contributed by atoms with Crippen molar-refractivity contribution in [3.05, 3.63) is 30.7 Å². The molecule has 0 aliphatic rings. The van der Waals surface area contributed by atoms with Crippen molar-refractivity contribution in [3.8, 4) is 17.2 Å². The summed E-state index contributed by atoms with van der Waals surface area (Å²) in [7, 11) is 0. The van der Waals surface area contributed by atoms with Crippen LogP contribution >= 0.6 is 0 Å². The van der Waals surface area contributed by atoms with Gasteiger partial charge in [0.25, 0.3) is 5.91 Å². The summed E-state index contributed by atoms with van der Waals surface area (Å²) < 4.78 is 10.5. The molecule has 0 saturated carbocycles. The zero-order chi connectivity index (χ0) is 15.2. The monoisotopic (exact) mass is 289 g/mol. The number of ether oxygens (including phenoxy) is 1. The van der Waals surface area contributed by atoms with Crippen LogP contribution in [0.2, 0.25) is 0 Å². The van der Waals surface area contributed by atoms with E-state index in [9.17, 15) is 4.79 Å². The molecule has 0 aliphatic carbocycles. The van der Waals surface area contributed by atoms with Crippen LogP contribution in [0.3, 0.4) is 0 Å². The van der Waals surface area contributed by atoms with Crippen LogP contribution in [0.25, 0.3) is 11.5 Å². The van der Waals surface area contributed by atoms with Gasteiger partial charge in [-0.3, -0.25) is 4.79 Å². The first kappa shape index (κ1) is 15.0. The maximum atomic E-state index is 11.7. The number of carbonyl (C=O) groups is 1. The van der Waals surface area contributed by atoms with Gasteiger partial charge in [0.2, 0.25) is 12.3 Å². The fraction of sp³-hybridized carbons (Fsp3) is 0.400. The van der Waals surface area contributed by atoms with Gasteiger partial charge in [0, 0.05) is 11.6 Å². The first-order valence-electron chi connectivity index (χ1n) is 6.85. The van der Waals surface area contributed by atoms with Crippen molar-refractivity contribution in [2.45, 2.75) is 26.8 Å². The molecule has 0 spiro atoms. The number of rotatable bonds is 6. The summed E-state index contributed by atoms with van der Waals surface area (Å²) in [5.41, 5.74) is 0.803. The predicted molar refractivity (Wildman–Crippen MR) is 77.7 cm³/mol. The molecule has 6 heteroatoms. The Bertz CT molecular complexity index is 564. The standard InChI is InChI=1S/C15H19N3O3/c1-10(2)11(3)17-14(19)8-20-13-6-4-12(5-7-13)15-18-16-9-21-15/h4-7,9-11H,8H2,1-3H3,(H,17,19). The van der Waals surface area contributed by atoms with Crippen LogP contribution in [-0.2, 0) is 4.79 Å². The minimum atomic E-state index is -0.128. The van der Waals surface area contributed by atoms with Gasteiger partial charge >= 0.3 is 0 Å². The Balaban J connectivity index is 1.85. The average Bonchev–Trinajstić information content (AvgIpc) is 2.99. The summed E-state index contributed by atoms with van der Waals surface area (Å²) in [6.07, 6.45) is 1.28. The normalized spacial score (nSPS) is 12.2. The van der Waals surface area contributed by atoms with Crippen molar-refractivity contribution < 1.29 is 13.9 Å². The zero-order valence-electron chi connectivity index (χ0n) is 12.4. The molecule has 1 amide bonds. The van der Waals surface area contributed by atoms with E-state index in [0.29, 0.717) is 17.6 Å². The lowest BCUT2D eigenvalue weighted by Crippen LogP contribution is -2.38. The highest BCUT2D eigenvalue weighted by atomic mass is 16.5. The first-order chi connectivity index (χ1) is 10.1. The van der Waals surface area contributed by atoms with E-state index >= 15 is 0 Å². The summed E-state index contributed by atoms with van der Waals surface area (Å²) in [6, 6.07) is 7.26. The maximum absolute atomic E-state index is 11.7. The van der Waals surface area contributed by atoms with Gasteiger partial charge in [-0.05, 0) is 37.1 Å². The molecular weight excluding hydrogens is 270 g/mol. The molecular formula is C15H19N3O3. The molecule has 1 aromatic heterocycles. The second kappa shape index (κ2) is 6.88. The Morgan fingerprint density at radius 2 is 2.00 bits per heavy atom. The van der Waals surface area contributed by atoms with Crippen molar-refractivity contribution in [2.24, 2.45) is 5.92 Å². The summed E-state index contributed by atoms with van der Waals surface area (Å²) in [6.45, 7) is 6.09. The quantitative estimate of drug-likeness (QED) is 0.882. The number of hydrogen-bond donors (Lipinski definition) is 1. The van der Waals surface area contributed by atoms with Crippen molar-refractivity contribution >= 4 is 5.91 Å². The van der Waals surface area contributed by atoms with E-state index < -0.39 is 0 Å². The number of nitrogens with zero attached hydrogens (tertiary/aromatic N) is 2. The third-order valence-corrected chi connectivity index (χ3v) is 3.22. The van der Waals surface area contributed by atoms with Crippen molar-refractivity contribution in [3.63, 3.8) is 0 Å². The average molecular weight is 289 g/mol. The third kappa shape index (κ3) is 4.30. The molecule has 0 saturated heterocycles. The van der Waals surface area contributed by atoms with Crippen molar-refractivity contribution in [1.82, 2.24) is 15.5 Å². The fourth-order valence-electron chi connectivity index (χ4n) is 1.60. The van der Waals surface area contributed by atoms with E-state index in [-0.39, 0.29) is 18.6 Å². The number of carbonyl (C=O) groups excluding carboxylic acids is 1. The molecule has 1 unspecified atom stereocenters. The number of benzene rings is 1. The highest BCUT2D eigenvalue weighted by molar-refractivity contribution is 5.77. The summed E-state index contributed by atoms with van der Waals surface area (Å²) in [5, 5.41) is 10.3. The molecule has 21 heavy (non-hydrogen) atoms. The predicted octanol–water partition coefficient (Wildman–Crippen LogP) is 2.28. The van der Waals surface area contributed by atoms with Gasteiger partial charge in [0.15, 0.2) is 6.61 Å². The molecule has 1 atom stereocenters. The lowest BCUT2D eigenvalue weighted by molar-refractivity contribution is -0.124. The molecule has 0 fully saturated rings. The topological polar surface area (TPSA) is 77.2 Å². The van der Waals surface area contributed by atoms with E-state index in [4.69, 9.17) is 9.15 Å². The largest absolute Gasteiger partial charge is 0.484 e. The van der Waals surface area contributed by atoms with E-state index in [1.165, 1.54) is 6.39 Å². The molecule has 2 aromatic rings. The number of nitrogens with one attached hydrogen (secondary N) is 1. The maximum Gasteiger partial charge on any atom is 0.258 e. The fourth-order valence-corrected chi connectivity index (χ4v) is 1.60. The molecule has 1 heterocycles. The summed E-state index contributed by atoms with van der Waals surface area (Å²) >= 11 is 0. The van der Waals surface area contributed by atoms with E-state index in [1.807, 2.05) is 6.92 Å². The smallest absolute Gasteiger partial charge is 0.258 e. The molecule has 2 rings (SSSR count). The molecule has 1 aromatic carbocycles. The summed E-state index contributed by atoms with van der Waals surface area (Å²) in [5.74, 6) is 1.33. The Hall–Kier alpha value is -2.37. The number of amides is 1. The van der Waals surface area contributed by atoms with Crippen LogP contribution < -0.4 is 10.1 Å². The minimum Gasteiger partial charge on any atom is -0.484 e. The van der Waals surface area contributed by atoms with E-state index in [2.05, 4.69) is 29.4 Å². The van der Waals surface area contributed by atoms with Crippen LogP contribution in [0, 0.1) is 5.92 Å². The Morgan fingerprint density at radius 3 is 2.57 bits per heavy atom. The second-order valence-electron chi connectivity index (χ2n) is 5.16. The van der Waals surface area contributed by atoms with Crippen LogP contribution in [0.15, 0.2) is 35.1 Å². The number of hydrogen-bond acceptors (Lipinski definition) is 5. The Labute approximate surface area is 123 Å². The van der Waals surface area contributed by atoms with Crippen LogP contribution in [0.4, 0.5) is 0 Å². The third-order valence-electron chi connectivity index (χ3n) is 3.22. The highest BCUT2D eigenvalue weighted by Gasteiger charge is 2.11. The van der Waals surface area contributed by atoms with E-state index in [1.54, 1.807) is 24.3 Å². The second-order valence-corrected chi connectivity index (χ2v) is 5.16. The van der Waals surface area contributed by atoms with Crippen LogP contribution in [-0.4, -0.2) is 28.8 Å². The first-order valence-corrected chi connectivity index (χ1v) is 6.85. The van der Waals surface area contributed by atoms with E-state index in [0.717, 1.165) is 5.56 Å². The van der Waals surface area contributed by atoms with Gasteiger partial charge in [-0.1, -0.05) is 13.8 Å². The molecule has 0 bridgehead atoms. The Kier molecular flexibility index (Phi) is 4.92. The highest BCUT2D eigenvalue weighted by Crippen LogP contribution is 2.20. The molecule has 6 nitrogen and oxygen atoms in total. The SMILES string of the molecule is CC(C)C(C)NC(=O)COc1ccc(-c2nnco2)cc1. The van der Waals surface area contributed by atoms with Crippen molar-refractivity contribution in [2.75, 3.05) is 6.61 Å². The zero-order valence-corrected chi connectivity index (χ0v) is 12.4. The molecule has 0 radical (unpaired) electrons. The number of aromatic nitrogens is 2. The summed E-state index contributed by atoms with van der Waals surface area (Å²) in [4.78, 5) is 11.7. The molecule has 112 valence electrons. The van der Waals surface area contributed by atoms with Gasteiger partial charge in [-0.15, -0.1) is 10.2 Å². The lowest BCUT2D eigenvalue weighted by atomic mass is 10.1. The minimum absolute atomic E-state index is 0.00301. The van der Waals surface area contributed by atoms with Gasteiger partial charge in [0.1, 0.15) is 5.75 Å². The molecule has 0 aliphatic heterocycles. The Morgan fingerprint density at radius 1 is 1.29 bits per heavy atom. The van der Waals surface area contributed by atoms with Crippen molar-refractivity contribution in [1.29, 1.82) is 0 Å². The van der Waals surface area contributed by atoms with Gasteiger partial charge < -0.3 is 14.5 Å². The van der Waals surface area contributed by atoms with Gasteiger partial charge in [0.05, 0.1) is 0 Å².